The molecule has 0 fully saturated rings. The molecular formula is C9H8N2O2. The van der Waals surface area contributed by atoms with Gasteiger partial charge >= 0.3 is 0 Å². The average molecular weight is 176 g/mol. The van der Waals surface area contributed by atoms with E-state index in [0.717, 1.165) is 6.29 Å². The van der Waals surface area contributed by atoms with Gasteiger partial charge in [0.15, 0.2) is 17.7 Å². The van der Waals surface area contributed by atoms with Crippen molar-refractivity contribution in [2.24, 2.45) is 0 Å². The second kappa shape index (κ2) is 2.58. The van der Waals surface area contributed by atoms with Gasteiger partial charge in [-0.3, -0.25) is 9.20 Å². The molecule has 2 heterocycles. The van der Waals surface area contributed by atoms with E-state index in [2.05, 4.69) is 4.98 Å². The van der Waals surface area contributed by atoms with Crippen LogP contribution in [0.3, 0.4) is 0 Å². The van der Waals surface area contributed by atoms with Crippen LogP contribution in [0.15, 0.2) is 18.3 Å². The Morgan fingerprint density at radius 3 is 3.08 bits per heavy atom. The third-order valence-corrected chi connectivity index (χ3v) is 1.96. The molecule has 0 aliphatic heterocycles. The SMILES string of the molecule is Cc1nc2c(O)cccn2c1C=O. The van der Waals surface area contributed by atoms with Crippen molar-refractivity contribution >= 4 is 11.9 Å². The number of aryl methyl sites for hydroxylation is 1. The summed E-state index contributed by atoms with van der Waals surface area (Å²) in [5.41, 5.74) is 1.52. The lowest BCUT2D eigenvalue weighted by atomic mass is 10.4. The number of aromatic nitrogens is 2. The first-order valence-corrected chi connectivity index (χ1v) is 3.86. The molecule has 0 unspecified atom stereocenters. The molecule has 0 bridgehead atoms. The van der Waals surface area contributed by atoms with Crippen LogP contribution in [-0.2, 0) is 0 Å². The standard InChI is InChI=1S/C9H8N2O2/c1-6-7(5-12)11-4-2-3-8(13)9(11)10-6/h2-5,13H,1H3. The third kappa shape index (κ3) is 0.989. The van der Waals surface area contributed by atoms with Crippen LogP contribution in [0.5, 0.6) is 5.75 Å². The summed E-state index contributed by atoms with van der Waals surface area (Å²) in [5.74, 6) is 0.0821. The van der Waals surface area contributed by atoms with E-state index in [1.54, 1.807) is 23.6 Å². The number of imidazole rings is 1. The van der Waals surface area contributed by atoms with E-state index in [0.29, 0.717) is 17.0 Å². The molecule has 0 aromatic carbocycles. The molecule has 2 aromatic rings. The van der Waals surface area contributed by atoms with Crippen molar-refractivity contribution in [2.45, 2.75) is 6.92 Å². The van der Waals surface area contributed by atoms with E-state index < -0.39 is 0 Å². The van der Waals surface area contributed by atoms with Crippen LogP contribution >= 0.6 is 0 Å². The molecule has 0 radical (unpaired) electrons. The van der Waals surface area contributed by atoms with Crippen LogP contribution < -0.4 is 0 Å². The zero-order valence-corrected chi connectivity index (χ0v) is 7.06. The molecule has 2 aromatic heterocycles. The Bertz CT molecular complexity index is 474. The van der Waals surface area contributed by atoms with E-state index in [1.807, 2.05) is 0 Å². The highest BCUT2D eigenvalue weighted by Gasteiger charge is 2.09. The molecule has 0 saturated carbocycles. The van der Waals surface area contributed by atoms with Crippen LogP contribution in [0.25, 0.3) is 5.65 Å². The quantitative estimate of drug-likeness (QED) is 0.663. The summed E-state index contributed by atoms with van der Waals surface area (Å²) in [5, 5.41) is 9.41. The van der Waals surface area contributed by atoms with Crippen LogP contribution in [0, 0.1) is 6.92 Å². The molecule has 0 aliphatic carbocycles. The van der Waals surface area contributed by atoms with Crippen molar-refractivity contribution < 1.29 is 9.90 Å². The fraction of sp³-hybridized carbons (Fsp3) is 0.111. The Morgan fingerprint density at radius 2 is 2.38 bits per heavy atom. The first kappa shape index (κ1) is 7.79. The number of hydrogen-bond acceptors (Lipinski definition) is 3. The Hall–Kier alpha value is -1.84. The fourth-order valence-corrected chi connectivity index (χ4v) is 1.33. The lowest BCUT2D eigenvalue weighted by Crippen LogP contribution is -1.90. The lowest BCUT2D eigenvalue weighted by Gasteiger charge is -1.95. The molecule has 4 heteroatoms. The fourth-order valence-electron chi connectivity index (χ4n) is 1.33. The molecule has 66 valence electrons. The third-order valence-electron chi connectivity index (χ3n) is 1.96. The van der Waals surface area contributed by atoms with Gasteiger partial charge in [-0.15, -0.1) is 0 Å². The Kier molecular flexibility index (Phi) is 1.55. The lowest BCUT2D eigenvalue weighted by molar-refractivity contribution is 0.111. The van der Waals surface area contributed by atoms with E-state index in [4.69, 9.17) is 0 Å². The van der Waals surface area contributed by atoms with Gasteiger partial charge in [-0.05, 0) is 19.1 Å². The molecule has 0 aliphatic rings. The zero-order chi connectivity index (χ0) is 9.42. The van der Waals surface area contributed by atoms with E-state index >= 15 is 0 Å². The van der Waals surface area contributed by atoms with Gasteiger partial charge in [0.1, 0.15) is 5.69 Å². The maximum atomic E-state index is 10.7. The minimum absolute atomic E-state index is 0.0821. The summed E-state index contributed by atoms with van der Waals surface area (Å²) < 4.78 is 1.57. The number of carbonyl (C=O) groups is 1. The Balaban J connectivity index is 2.93. The topological polar surface area (TPSA) is 54.6 Å². The molecule has 4 nitrogen and oxygen atoms in total. The van der Waals surface area contributed by atoms with Crippen molar-refractivity contribution in [3.8, 4) is 5.75 Å². The average Bonchev–Trinajstić information content (AvgIpc) is 2.43. The van der Waals surface area contributed by atoms with Crippen LogP contribution in [0.1, 0.15) is 16.2 Å². The Morgan fingerprint density at radius 1 is 1.62 bits per heavy atom. The number of pyridine rings is 1. The second-order valence-electron chi connectivity index (χ2n) is 2.79. The van der Waals surface area contributed by atoms with Gasteiger partial charge in [0.2, 0.25) is 0 Å². The summed E-state index contributed by atoms with van der Waals surface area (Å²) in [6.07, 6.45) is 2.42. The van der Waals surface area contributed by atoms with Crippen molar-refractivity contribution in [1.29, 1.82) is 0 Å². The summed E-state index contributed by atoms with van der Waals surface area (Å²) in [6.45, 7) is 1.73. The number of hydrogen-bond donors (Lipinski definition) is 1. The number of nitrogens with zero attached hydrogens (tertiary/aromatic N) is 2. The van der Waals surface area contributed by atoms with Gasteiger partial charge in [-0.2, -0.15) is 0 Å². The zero-order valence-electron chi connectivity index (χ0n) is 7.06. The maximum absolute atomic E-state index is 10.7. The molecule has 13 heavy (non-hydrogen) atoms. The van der Waals surface area contributed by atoms with Crippen molar-refractivity contribution in [2.75, 3.05) is 0 Å². The summed E-state index contributed by atoms with van der Waals surface area (Å²) in [4.78, 5) is 14.7. The molecule has 0 spiro atoms. The summed E-state index contributed by atoms with van der Waals surface area (Å²) in [7, 11) is 0. The molecule has 0 atom stereocenters. The van der Waals surface area contributed by atoms with Gasteiger partial charge in [0.25, 0.3) is 0 Å². The van der Waals surface area contributed by atoms with E-state index in [9.17, 15) is 9.90 Å². The minimum Gasteiger partial charge on any atom is -0.504 e. The molecular weight excluding hydrogens is 168 g/mol. The summed E-state index contributed by atoms with van der Waals surface area (Å²) in [6, 6.07) is 3.20. The Labute approximate surface area is 74.5 Å². The van der Waals surface area contributed by atoms with Gasteiger partial charge < -0.3 is 5.11 Å². The molecule has 1 N–H and O–H groups in total. The number of carbonyl (C=O) groups excluding carboxylic acids is 1. The van der Waals surface area contributed by atoms with Gasteiger partial charge in [-0.25, -0.2) is 4.98 Å². The second-order valence-corrected chi connectivity index (χ2v) is 2.79. The number of aldehydes is 1. The first-order valence-electron chi connectivity index (χ1n) is 3.86. The largest absolute Gasteiger partial charge is 0.504 e. The van der Waals surface area contributed by atoms with E-state index in [-0.39, 0.29) is 5.75 Å². The van der Waals surface area contributed by atoms with Crippen LogP contribution in [-0.4, -0.2) is 20.8 Å². The first-order chi connectivity index (χ1) is 6.24. The van der Waals surface area contributed by atoms with Crippen LogP contribution in [0.2, 0.25) is 0 Å². The number of fused-ring (bicyclic) bond motifs is 1. The van der Waals surface area contributed by atoms with Crippen molar-refractivity contribution in [1.82, 2.24) is 9.38 Å². The van der Waals surface area contributed by atoms with E-state index in [1.165, 1.54) is 6.07 Å². The number of aromatic hydroxyl groups is 1. The molecule has 2 rings (SSSR count). The maximum Gasteiger partial charge on any atom is 0.180 e. The number of rotatable bonds is 1. The van der Waals surface area contributed by atoms with Crippen molar-refractivity contribution in [3.63, 3.8) is 0 Å². The van der Waals surface area contributed by atoms with Gasteiger partial charge in [-0.1, -0.05) is 0 Å². The molecule has 0 saturated heterocycles. The predicted molar refractivity (Wildman–Crippen MR) is 47.0 cm³/mol. The van der Waals surface area contributed by atoms with Crippen molar-refractivity contribution in [3.05, 3.63) is 29.7 Å². The van der Waals surface area contributed by atoms with Gasteiger partial charge in [0, 0.05) is 6.20 Å². The minimum atomic E-state index is 0.0821. The summed E-state index contributed by atoms with van der Waals surface area (Å²) >= 11 is 0. The smallest absolute Gasteiger partial charge is 0.180 e. The van der Waals surface area contributed by atoms with Gasteiger partial charge in [0.05, 0.1) is 5.69 Å². The highest BCUT2D eigenvalue weighted by Crippen LogP contribution is 2.18. The normalized spacial score (nSPS) is 10.5. The highest BCUT2D eigenvalue weighted by molar-refractivity contribution is 5.77. The monoisotopic (exact) mass is 176 g/mol. The van der Waals surface area contributed by atoms with Crippen LogP contribution in [0.4, 0.5) is 0 Å². The molecule has 0 amide bonds. The predicted octanol–water partition coefficient (Wildman–Crippen LogP) is 1.16. The highest BCUT2D eigenvalue weighted by atomic mass is 16.3.